The van der Waals surface area contributed by atoms with Crippen LogP contribution in [0.2, 0.25) is 0 Å². The lowest BCUT2D eigenvalue weighted by Gasteiger charge is -2.40. The maximum atomic E-state index is 13.7. The highest BCUT2D eigenvalue weighted by Crippen LogP contribution is 2.60. The van der Waals surface area contributed by atoms with E-state index in [1.807, 2.05) is 0 Å². The summed E-state index contributed by atoms with van der Waals surface area (Å²) in [4.78, 5) is 0. The minimum Gasteiger partial charge on any atom is -0.382 e. The topological polar surface area (TPSA) is 9.23 Å². The zero-order valence-electron chi connectivity index (χ0n) is 14.1. The summed E-state index contributed by atoms with van der Waals surface area (Å²) < 4.78 is 187. The standard InChI is InChI=1S/C13H14F14OSi/c14-6(29-7-3-1-2-4-28-7)5-8(15,16)9(17,18)10(19,20)11(21,22)12(23,24)13(25,26)27/h6-7H,1-5,29H2. The molecule has 0 aromatic carbocycles. The van der Waals surface area contributed by atoms with E-state index in [4.69, 9.17) is 4.74 Å². The summed E-state index contributed by atoms with van der Waals surface area (Å²) in [5.74, 6) is -40.3. The first-order valence-corrected chi connectivity index (χ1v) is 9.57. The van der Waals surface area contributed by atoms with Gasteiger partial charge < -0.3 is 4.74 Å². The van der Waals surface area contributed by atoms with Crippen molar-refractivity contribution >= 4 is 9.52 Å². The van der Waals surface area contributed by atoms with Gasteiger partial charge >= 0.3 is 35.8 Å². The molecule has 0 aromatic rings. The van der Waals surface area contributed by atoms with Crippen LogP contribution < -0.4 is 0 Å². The van der Waals surface area contributed by atoms with E-state index < -0.39 is 63.3 Å². The van der Waals surface area contributed by atoms with Crippen molar-refractivity contribution in [2.45, 2.75) is 73.0 Å². The number of rotatable bonds is 8. The summed E-state index contributed by atoms with van der Waals surface area (Å²) in [5, 5.41) is 0. The Hall–Kier alpha value is -0.803. The predicted molar refractivity (Wildman–Crippen MR) is 72.4 cm³/mol. The van der Waals surface area contributed by atoms with Gasteiger partial charge in [-0.1, -0.05) is 0 Å². The number of hydrogen-bond acceptors (Lipinski definition) is 1. The van der Waals surface area contributed by atoms with E-state index >= 15 is 0 Å². The van der Waals surface area contributed by atoms with Gasteiger partial charge in [0.15, 0.2) is 0 Å². The molecule has 0 N–H and O–H groups in total. The molecule has 16 heteroatoms. The fourth-order valence-electron chi connectivity index (χ4n) is 2.57. The molecule has 2 atom stereocenters. The SMILES string of the molecule is FC(CC(F)(F)C(F)(F)C(F)(F)C(F)(F)C(F)(F)C(F)(F)F)[SiH2]C1CCCCO1. The second-order valence-electron chi connectivity index (χ2n) is 6.53. The van der Waals surface area contributed by atoms with Crippen molar-refractivity contribution in [3.63, 3.8) is 0 Å². The third kappa shape index (κ3) is 4.61. The first kappa shape index (κ1) is 26.2. The van der Waals surface area contributed by atoms with E-state index in [9.17, 15) is 61.5 Å². The second kappa shape index (κ2) is 8.03. The van der Waals surface area contributed by atoms with Crippen molar-refractivity contribution in [1.29, 1.82) is 0 Å². The molecule has 1 heterocycles. The Labute approximate surface area is 156 Å². The Kier molecular flexibility index (Phi) is 7.27. The Bertz CT molecular complexity index is 554. The van der Waals surface area contributed by atoms with Gasteiger partial charge in [0.1, 0.15) is 0 Å². The highest BCUT2D eigenvalue weighted by Gasteiger charge is 2.90. The first-order chi connectivity index (χ1) is 12.7. The van der Waals surface area contributed by atoms with Crippen LogP contribution in [0.1, 0.15) is 25.7 Å². The van der Waals surface area contributed by atoms with E-state index in [-0.39, 0.29) is 13.0 Å². The lowest BCUT2D eigenvalue weighted by molar-refractivity contribution is -0.440. The molecular formula is C13H14F14OSi. The van der Waals surface area contributed by atoms with Gasteiger partial charge in [-0.25, -0.2) is 0 Å². The molecule has 29 heavy (non-hydrogen) atoms. The quantitative estimate of drug-likeness (QED) is 0.347. The normalized spacial score (nSPS) is 22.3. The molecule has 1 rings (SSSR count). The van der Waals surface area contributed by atoms with E-state index in [2.05, 4.69) is 0 Å². The number of halogens is 14. The predicted octanol–water partition coefficient (Wildman–Crippen LogP) is 5.11. The van der Waals surface area contributed by atoms with Crippen LogP contribution in [0, 0.1) is 0 Å². The summed E-state index contributed by atoms with van der Waals surface area (Å²) >= 11 is 0. The molecule has 174 valence electrons. The Morgan fingerprint density at radius 3 is 1.62 bits per heavy atom. The maximum Gasteiger partial charge on any atom is 0.460 e. The molecule has 1 aliphatic heterocycles. The Morgan fingerprint density at radius 1 is 0.724 bits per heavy atom. The molecule has 0 saturated carbocycles. The third-order valence-electron chi connectivity index (χ3n) is 4.27. The van der Waals surface area contributed by atoms with E-state index in [0.717, 1.165) is 0 Å². The van der Waals surface area contributed by atoms with E-state index in [1.165, 1.54) is 0 Å². The van der Waals surface area contributed by atoms with Crippen LogP contribution >= 0.6 is 0 Å². The van der Waals surface area contributed by atoms with Crippen molar-refractivity contribution in [1.82, 2.24) is 0 Å². The fraction of sp³-hybridized carbons (Fsp3) is 1.00. The molecule has 2 unspecified atom stereocenters. The van der Waals surface area contributed by atoms with Crippen LogP contribution in [0.4, 0.5) is 61.5 Å². The summed E-state index contributed by atoms with van der Waals surface area (Å²) in [6.45, 7) is 0.0910. The zero-order chi connectivity index (χ0) is 23.1. The van der Waals surface area contributed by atoms with Crippen LogP contribution in [0.15, 0.2) is 0 Å². The molecule has 1 nitrogen and oxygen atoms in total. The summed E-state index contributed by atoms with van der Waals surface area (Å²) in [6.07, 6.45) is -9.08. The minimum absolute atomic E-state index is 0.0910. The molecule has 0 spiro atoms. The summed E-state index contributed by atoms with van der Waals surface area (Å²) in [5.41, 5.74) is -0.931. The maximum absolute atomic E-state index is 13.7. The van der Waals surface area contributed by atoms with Gasteiger partial charge in [0.05, 0.1) is 15.3 Å². The van der Waals surface area contributed by atoms with Gasteiger partial charge in [-0.2, -0.15) is 57.1 Å². The van der Waals surface area contributed by atoms with Crippen molar-refractivity contribution in [2.75, 3.05) is 6.61 Å². The molecule has 1 aliphatic rings. The summed E-state index contributed by atoms with van der Waals surface area (Å²) in [7, 11) is -2.44. The molecular weight excluding hydrogens is 466 g/mol. The lowest BCUT2D eigenvalue weighted by atomic mass is 9.93. The highest BCUT2D eigenvalue weighted by atomic mass is 28.2. The smallest absolute Gasteiger partial charge is 0.382 e. The average molecular weight is 480 g/mol. The monoisotopic (exact) mass is 480 g/mol. The van der Waals surface area contributed by atoms with Crippen LogP contribution in [-0.2, 0) is 4.74 Å². The van der Waals surface area contributed by atoms with Gasteiger partial charge in [0.25, 0.3) is 0 Å². The molecule has 0 aromatic heterocycles. The highest BCUT2D eigenvalue weighted by molar-refractivity contribution is 6.38. The van der Waals surface area contributed by atoms with Crippen molar-refractivity contribution in [3.05, 3.63) is 0 Å². The Morgan fingerprint density at radius 2 is 1.21 bits per heavy atom. The zero-order valence-corrected chi connectivity index (χ0v) is 15.5. The van der Waals surface area contributed by atoms with E-state index in [1.54, 1.807) is 0 Å². The molecule has 0 amide bonds. The van der Waals surface area contributed by atoms with Crippen LogP contribution in [-0.4, -0.2) is 63.4 Å². The molecule has 0 bridgehead atoms. The second-order valence-corrected chi connectivity index (χ2v) is 8.79. The molecule has 1 saturated heterocycles. The third-order valence-corrected chi connectivity index (χ3v) is 6.24. The number of ether oxygens (including phenoxy) is 1. The van der Waals surface area contributed by atoms with Gasteiger partial charge in [-0.05, 0) is 19.3 Å². The minimum atomic E-state index is -7.96. The molecule has 1 fully saturated rings. The van der Waals surface area contributed by atoms with Crippen LogP contribution in [0.25, 0.3) is 0 Å². The largest absolute Gasteiger partial charge is 0.460 e. The van der Waals surface area contributed by atoms with Crippen LogP contribution in [0.5, 0.6) is 0 Å². The molecule has 0 radical (unpaired) electrons. The average Bonchev–Trinajstić information content (AvgIpc) is 2.53. The van der Waals surface area contributed by atoms with Gasteiger partial charge in [0.2, 0.25) is 0 Å². The fourth-order valence-corrected chi connectivity index (χ4v) is 4.50. The van der Waals surface area contributed by atoms with Crippen LogP contribution in [0.3, 0.4) is 0 Å². The van der Waals surface area contributed by atoms with E-state index in [0.29, 0.717) is 12.8 Å². The lowest BCUT2D eigenvalue weighted by Crippen LogP contribution is -2.70. The number of alkyl halides is 14. The van der Waals surface area contributed by atoms with Gasteiger partial charge in [-0.3, -0.25) is 4.39 Å². The summed E-state index contributed by atoms with van der Waals surface area (Å²) in [6, 6.07) is 0. The van der Waals surface area contributed by atoms with Crippen molar-refractivity contribution in [2.24, 2.45) is 0 Å². The first-order valence-electron chi connectivity index (χ1n) is 7.94. The van der Waals surface area contributed by atoms with Gasteiger partial charge in [0, 0.05) is 18.8 Å². The number of hydrogen-bond donors (Lipinski definition) is 0. The van der Waals surface area contributed by atoms with Gasteiger partial charge in [-0.15, -0.1) is 0 Å². The molecule has 0 aliphatic carbocycles. The van der Waals surface area contributed by atoms with Crippen molar-refractivity contribution < 1.29 is 66.2 Å². The van der Waals surface area contributed by atoms with Crippen molar-refractivity contribution in [3.8, 4) is 0 Å². The Balaban J connectivity index is 3.11.